The molecular formula is C18H15N5OS. The second-order valence-corrected chi connectivity index (χ2v) is 6.12. The zero-order valence-corrected chi connectivity index (χ0v) is 14.3. The van der Waals surface area contributed by atoms with Crippen molar-refractivity contribution in [2.24, 2.45) is 0 Å². The Balaban J connectivity index is 1.94. The smallest absolute Gasteiger partial charge is 0.240 e. The number of nitrogens with one attached hydrogen (secondary N) is 2. The molecular weight excluding hydrogens is 334 g/mol. The first-order chi connectivity index (χ1) is 12.2. The van der Waals surface area contributed by atoms with Crippen molar-refractivity contribution in [3.63, 3.8) is 0 Å². The van der Waals surface area contributed by atoms with Crippen LogP contribution in [0.4, 0.5) is 5.13 Å². The molecule has 1 aromatic carbocycles. The Morgan fingerprint density at radius 2 is 1.96 bits per heavy atom. The number of anilines is 1. The summed E-state index contributed by atoms with van der Waals surface area (Å²) < 4.78 is 0. The van der Waals surface area contributed by atoms with Crippen LogP contribution in [0.3, 0.4) is 0 Å². The molecule has 0 saturated carbocycles. The molecule has 0 aliphatic heterocycles. The summed E-state index contributed by atoms with van der Waals surface area (Å²) in [6.45, 7) is 0.227. The van der Waals surface area contributed by atoms with Gasteiger partial charge in [-0.05, 0) is 48.5 Å². The van der Waals surface area contributed by atoms with E-state index < -0.39 is 0 Å². The van der Waals surface area contributed by atoms with E-state index in [1.807, 2.05) is 29.6 Å². The van der Waals surface area contributed by atoms with Crippen molar-refractivity contribution in [3.8, 4) is 28.5 Å². The zero-order valence-electron chi connectivity index (χ0n) is 13.5. The summed E-state index contributed by atoms with van der Waals surface area (Å²) in [6, 6.07) is 11.6. The molecule has 2 heterocycles. The first kappa shape index (κ1) is 16.8. The van der Waals surface area contributed by atoms with Gasteiger partial charge in [0.15, 0.2) is 5.13 Å². The van der Waals surface area contributed by atoms with E-state index in [1.54, 1.807) is 25.5 Å². The van der Waals surface area contributed by atoms with Crippen LogP contribution in [0, 0.1) is 11.3 Å². The van der Waals surface area contributed by atoms with Crippen molar-refractivity contribution < 1.29 is 4.79 Å². The van der Waals surface area contributed by atoms with Gasteiger partial charge in [-0.15, -0.1) is 11.3 Å². The summed E-state index contributed by atoms with van der Waals surface area (Å²) in [7, 11) is 1.71. The fraction of sp³-hybridized carbons (Fsp3) is 0.111. The van der Waals surface area contributed by atoms with Crippen LogP contribution in [0.25, 0.3) is 22.4 Å². The molecule has 2 N–H and O–H groups in total. The van der Waals surface area contributed by atoms with Gasteiger partial charge in [-0.25, -0.2) is 4.98 Å². The van der Waals surface area contributed by atoms with Crippen LogP contribution < -0.4 is 10.6 Å². The lowest BCUT2D eigenvalue weighted by molar-refractivity contribution is -0.115. The number of thiazole rings is 1. The molecule has 3 rings (SSSR count). The van der Waals surface area contributed by atoms with E-state index in [2.05, 4.69) is 26.7 Å². The fourth-order valence-electron chi connectivity index (χ4n) is 2.34. The van der Waals surface area contributed by atoms with Gasteiger partial charge < -0.3 is 10.6 Å². The minimum absolute atomic E-state index is 0.147. The number of rotatable bonds is 5. The van der Waals surface area contributed by atoms with E-state index >= 15 is 0 Å². The van der Waals surface area contributed by atoms with Gasteiger partial charge in [0.25, 0.3) is 0 Å². The molecule has 0 atom stereocenters. The third-order valence-corrected chi connectivity index (χ3v) is 4.22. The lowest BCUT2D eigenvalue weighted by atomic mass is 10.00. The fourth-order valence-corrected chi connectivity index (χ4v) is 3.07. The van der Waals surface area contributed by atoms with Crippen LogP contribution in [0.5, 0.6) is 0 Å². The maximum atomic E-state index is 11.6. The molecule has 25 heavy (non-hydrogen) atoms. The van der Waals surface area contributed by atoms with Gasteiger partial charge >= 0.3 is 0 Å². The van der Waals surface area contributed by atoms with Gasteiger partial charge in [0.05, 0.1) is 23.9 Å². The molecule has 7 heteroatoms. The van der Waals surface area contributed by atoms with E-state index in [1.165, 1.54) is 11.3 Å². The summed E-state index contributed by atoms with van der Waals surface area (Å²) in [4.78, 5) is 20.1. The lowest BCUT2D eigenvalue weighted by Gasteiger charge is -2.05. The number of nitriles is 1. The molecule has 0 radical (unpaired) electrons. The molecule has 0 saturated heterocycles. The number of hydrogen-bond donors (Lipinski definition) is 2. The Hall–Kier alpha value is -3.08. The van der Waals surface area contributed by atoms with Crippen LogP contribution in [0.1, 0.15) is 5.56 Å². The topological polar surface area (TPSA) is 90.7 Å². The minimum atomic E-state index is -0.147. The molecule has 2 aromatic heterocycles. The number of likely N-dealkylation sites (N-methyl/N-ethyl adjacent to an activating group) is 1. The molecule has 124 valence electrons. The monoisotopic (exact) mass is 349 g/mol. The van der Waals surface area contributed by atoms with Gasteiger partial charge in [-0.3, -0.25) is 9.78 Å². The number of nitrogens with zero attached hydrogens (tertiary/aromatic N) is 3. The zero-order chi connectivity index (χ0) is 17.6. The van der Waals surface area contributed by atoms with Crippen LogP contribution in [0.2, 0.25) is 0 Å². The van der Waals surface area contributed by atoms with Gasteiger partial charge in [0, 0.05) is 23.3 Å². The van der Waals surface area contributed by atoms with Crippen molar-refractivity contribution in [2.45, 2.75) is 0 Å². The Kier molecular flexibility index (Phi) is 5.14. The molecule has 0 aliphatic rings. The quantitative estimate of drug-likeness (QED) is 0.739. The van der Waals surface area contributed by atoms with Crippen molar-refractivity contribution >= 4 is 22.4 Å². The Labute approximate surface area is 149 Å². The third-order valence-electron chi connectivity index (χ3n) is 3.46. The number of benzene rings is 1. The van der Waals surface area contributed by atoms with E-state index in [0.717, 1.165) is 22.4 Å². The predicted molar refractivity (Wildman–Crippen MR) is 98.1 cm³/mol. The van der Waals surface area contributed by atoms with Crippen LogP contribution in [0.15, 0.2) is 48.1 Å². The average molecular weight is 349 g/mol. The Morgan fingerprint density at radius 1 is 1.20 bits per heavy atom. The second kappa shape index (κ2) is 7.66. The number of aromatic nitrogens is 2. The highest BCUT2D eigenvalue weighted by Gasteiger charge is 2.10. The molecule has 1 amide bonds. The van der Waals surface area contributed by atoms with E-state index in [4.69, 9.17) is 0 Å². The summed E-state index contributed by atoms with van der Waals surface area (Å²) in [5.74, 6) is -0.147. The number of carbonyl (C=O) groups excluding carboxylic acids is 1. The molecule has 0 spiro atoms. The summed E-state index contributed by atoms with van der Waals surface area (Å²) in [5, 5.41) is 17.2. The van der Waals surface area contributed by atoms with Crippen molar-refractivity contribution in [2.75, 3.05) is 18.9 Å². The molecule has 0 fully saturated rings. The average Bonchev–Trinajstić information content (AvgIpc) is 3.10. The molecule has 0 bridgehead atoms. The van der Waals surface area contributed by atoms with E-state index in [0.29, 0.717) is 10.7 Å². The normalized spacial score (nSPS) is 10.2. The molecule has 6 nitrogen and oxygen atoms in total. The predicted octanol–water partition coefficient (Wildman–Crippen LogP) is 2.90. The van der Waals surface area contributed by atoms with Crippen molar-refractivity contribution in [1.29, 1.82) is 5.26 Å². The minimum Gasteiger partial charge on any atom is -0.311 e. The first-order valence-corrected chi connectivity index (χ1v) is 8.43. The number of pyridine rings is 1. The SMILES string of the molecule is CNCC(=O)Nc1nc(-c2cc(C#N)cc(-c3ccncc3)c2)cs1. The van der Waals surface area contributed by atoms with E-state index in [-0.39, 0.29) is 12.5 Å². The first-order valence-electron chi connectivity index (χ1n) is 7.55. The number of hydrogen-bond acceptors (Lipinski definition) is 6. The highest BCUT2D eigenvalue weighted by atomic mass is 32.1. The Bertz CT molecular complexity index is 930. The highest BCUT2D eigenvalue weighted by Crippen LogP contribution is 2.30. The van der Waals surface area contributed by atoms with Gasteiger partial charge in [-0.1, -0.05) is 0 Å². The highest BCUT2D eigenvalue weighted by molar-refractivity contribution is 7.14. The Morgan fingerprint density at radius 3 is 2.68 bits per heavy atom. The third kappa shape index (κ3) is 4.07. The van der Waals surface area contributed by atoms with Crippen molar-refractivity contribution in [3.05, 3.63) is 53.7 Å². The molecule has 3 aromatic rings. The van der Waals surface area contributed by atoms with Gasteiger partial charge in [-0.2, -0.15) is 5.26 Å². The summed E-state index contributed by atoms with van der Waals surface area (Å²) in [6.07, 6.45) is 3.43. The second-order valence-electron chi connectivity index (χ2n) is 5.26. The van der Waals surface area contributed by atoms with Gasteiger partial charge in [0.2, 0.25) is 5.91 Å². The van der Waals surface area contributed by atoms with Crippen LogP contribution >= 0.6 is 11.3 Å². The summed E-state index contributed by atoms with van der Waals surface area (Å²) >= 11 is 1.35. The van der Waals surface area contributed by atoms with Crippen molar-refractivity contribution in [1.82, 2.24) is 15.3 Å². The maximum absolute atomic E-state index is 11.6. The molecule has 0 aliphatic carbocycles. The summed E-state index contributed by atoms with van der Waals surface area (Å²) in [5.41, 5.74) is 4.00. The number of amides is 1. The van der Waals surface area contributed by atoms with Gasteiger partial charge in [0.1, 0.15) is 0 Å². The number of carbonyl (C=O) groups is 1. The maximum Gasteiger partial charge on any atom is 0.240 e. The lowest BCUT2D eigenvalue weighted by Crippen LogP contribution is -2.24. The standard InChI is InChI=1S/C18H15N5OS/c1-20-10-17(24)23-18-22-16(11-25-18)15-7-12(9-19)6-14(8-15)13-2-4-21-5-3-13/h2-8,11,20H,10H2,1H3,(H,22,23,24). The molecule has 0 unspecified atom stereocenters. The van der Waals surface area contributed by atoms with E-state index in [9.17, 15) is 10.1 Å². The largest absolute Gasteiger partial charge is 0.311 e. The van der Waals surface area contributed by atoms with Crippen LogP contribution in [-0.4, -0.2) is 29.5 Å². The van der Waals surface area contributed by atoms with Crippen LogP contribution in [-0.2, 0) is 4.79 Å².